The molecule has 0 fully saturated rings. The maximum atomic E-state index is 8.74. The molecule has 2 N–H and O–H groups in total. The minimum absolute atomic E-state index is 0. The Labute approximate surface area is 340 Å². The van der Waals surface area contributed by atoms with Gasteiger partial charge in [-0.2, -0.15) is 0 Å². The first-order chi connectivity index (χ1) is 25.1. The smallest absolute Gasteiger partial charge is 0.106 e. The number of allylic oxidation sites excluding steroid dienone is 2. The van der Waals surface area contributed by atoms with Crippen LogP contribution >= 0.6 is 0 Å². The Hall–Kier alpha value is -1.58. The summed E-state index contributed by atoms with van der Waals surface area (Å²) >= 11 is 0. The highest BCUT2D eigenvalue weighted by atomic mass is 17.2. The maximum Gasteiger partial charge on any atom is 0.106 e. The van der Waals surface area contributed by atoms with Gasteiger partial charge in [0.05, 0.1) is 20.0 Å². The molecule has 8 nitrogen and oxygen atoms in total. The van der Waals surface area contributed by atoms with Crippen LogP contribution in [-0.4, -0.2) is 82.9 Å². The van der Waals surface area contributed by atoms with Crippen LogP contribution < -0.4 is 0 Å². The van der Waals surface area contributed by atoms with Gasteiger partial charge < -0.3 is 29.4 Å². The Balaban J connectivity index is -0.000000116. The second kappa shape index (κ2) is 80.0. The maximum absolute atomic E-state index is 8.74. The van der Waals surface area contributed by atoms with Crippen LogP contribution in [0.15, 0.2) is 24.5 Å². The van der Waals surface area contributed by atoms with Crippen molar-refractivity contribution in [2.45, 2.75) is 209 Å². The zero-order valence-electron chi connectivity index (χ0n) is 34.7. The molecular weight excluding hydrogens is 679 g/mol. The highest BCUT2D eigenvalue weighted by Gasteiger charge is 1.95. The summed E-state index contributed by atoms with van der Waals surface area (Å²) in [6, 6.07) is 0. The van der Waals surface area contributed by atoms with E-state index in [4.69, 9.17) is 34.3 Å². The third kappa shape index (κ3) is 92.8. The molecular formula is C46H101NO7. The van der Waals surface area contributed by atoms with E-state index >= 15 is 0 Å². The van der Waals surface area contributed by atoms with Gasteiger partial charge in [0, 0.05) is 13.2 Å². The van der Waals surface area contributed by atoms with E-state index in [9.17, 15) is 0 Å². The van der Waals surface area contributed by atoms with E-state index in [0.717, 1.165) is 51.7 Å². The summed E-state index contributed by atoms with van der Waals surface area (Å²) in [5, 5.41) is 17.1. The summed E-state index contributed by atoms with van der Waals surface area (Å²) in [5.41, 5.74) is 0. The number of hydrogen-bond donors (Lipinski definition) is 2. The molecule has 0 spiro atoms. The van der Waals surface area contributed by atoms with Crippen molar-refractivity contribution < 1.29 is 34.3 Å². The van der Waals surface area contributed by atoms with E-state index in [1.165, 1.54) is 135 Å². The van der Waals surface area contributed by atoms with Crippen molar-refractivity contribution >= 4 is 13.6 Å². The number of carbonyl (C=O) groups excluding carboxylic acids is 2. The standard InChI is InChI=1S/C26H52O3.C9H18O.C6H15NO.2CH2O.3CH4/c1-2-3-4-5-16-19-22-25-28-29-26-23-20-17-14-12-10-8-6-7-9-11-13-15-18-21-24-27;1-3-4-5-6-7-8-9-10-2;1-7(2)5-3-4-6-8;2*1-2;;;/h19,22,27H,2-18,20-21,23-26H2,1H3;8-9H,3-7H2,1-2H3;8H,3-6H2,1-2H3;2*1H2;3*1H4/b22-19-;;;;;;;. The van der Waals surface area contributed by atoms with Gasteiger partial charge in [0.1, 0.15) is 20.2 Å². The molecule has 0 aliphatic carbocycles. The van der Waals surface area contributed by atoms with Gasteiger partial charge in [0.15, 0.2) is 0 Å². The van der Waals surface area contributed by atoms with Gasteiger partial charge >= 0.3 is 0 Å². The number of aliphatic hydroxyl groups excluding tert-OH is 2. The van der Waals surface area contributed by atoms with Gasteiger partial charge in [0.2, 0.25) is 0 Å². The van der Waals surface area contributed by atoms with E-state index in [1.54, 1.807) is 13.4 Å². The average molecular weight is 780 g/mol. The lowest BCUT2D eigenvalue weighted by molar-refractivity contribution is -0.286. The fourth-order valence-electron chi connectivity index (χ4n) is 4.99. The Bertz CT molecular complexity index is 589. The summed E-state index contributed by atoms with van der Waals surface area (Å²) in [6.45, 7) is 11.6. The summed E-state index contributed by atoms with van der Waals surface area (Å²) in [6.07, 6.45) is 42.8. The molecule has 0 amide bonds. The molecule has 0 aromatic heterocycles. The molecule has 0 atom stereocenters. The van der Waals surface area contributed by atoms with Gasteiger partial charge in [-0.05, 0) is 78.1 Å². The number of nitrogens with zero attached hydrogens (tertiary/aromatic N) is 1. The third-order valence-electron chi connectivity index (χ3n) is 7.99. The molecule has 0 aromatic rings. The molecule has 0 aliphatic heterocycles. The quantitative estimate of drug-likeness (QED) is 0.0215. The summed E-state index contributed by atoms with van der Waals surface area (Å²) < 4.78 is 4.77. The topological polar surface area (TPSA) is 106 Å². The van der Waals surface area contributed by atoms with Gasteiger partial charge in [-0.15, -0.1) is 0 Å². The van der Waals surface area contributed by atoms with Crippen molar-refractivity contribution in [3.05, 3.63) is 24.5 Å². The van der Waals surface area contributed by atoms with Crippen molar-refractivity contribution in [3.8, 4) is 0 Å². The fourth-order valence-corrected chi connectivity index (χ4v) is 4.99. The molecule has 0 unspecified atom stereocenters. The van der Waals surface area contributed by atoms with Crippen LogP contribution in [0.25, 0.3) is 0 Å². The lowest BCUT2D eigenvalue weighted by Crippen LogP contribution is -2.12. The molecule has 0 aliphatic rings. The molecule has 54 heavy (non-hydrogen) atoms. The second-order valence-corrected chi connectivity index (χ2v) is 13.1. The monoisotopic (exact) mass is 780 g/mol. The lowest BCUT2D eigenvalue weighted by Gasteiger charge is -2.06. The molecule has 0 bridgehead atoms. The zero-order valence-corrected chi connectivity index (χ0v) is 34.7. The Morgan fingerprint density at radius 3 is 1.24 bits per heavy atom. The number of methoxy groups -OCH3 is 1. The molecule has 332 valence electrons. The van der Waals surface area contributed by atoms with Crippen molar-refractivity contribution in [1.29, 1.82) is 0 Å². The molecule has 0 aromatic carbocycles. The van der Waals surface area contributed by atoms with Crippen LogP contribution in [0.5, 0.6) is 0 Å². The van der Waals surface area contributed by atoms with E-state index in [0.29, 0.717) is 19.8 Å². The van der Waals surface area contributed by atoms with E-state index in [-0.39, 0.29) is 22.3 Å². The Kier molecular flexibility index (Phi) is 104. The summed E-state index contributed by atoms with van der Waals surface area (Å²) in [4.78, 5) is 28.5. The van der Waals surface area contributed by atoms with Crippen molar-refractivity contribution in [3.63, 3.8) is 0 Å². The van der Waals surface area contributed by atoms with Crippen LogP contribution in [0.1, 0.15) is 209 Å². The van der Waals surface area contributed by atoms with E-state index in [2.05, 4.69) is 37.0 Å². The molecule has 0 heterocycles. The number of aliphatic hydroxyl groups is 2. The Morgan fingerprint density at radius 1 is 0.481 bits per heavy atom. The first kappa shape index (κ1) is 70.2. The highest BCUT2D eigenvalue weighted by Crippen LogP contribution is 2.13. The number of unbranched alkanes of at least 4 members (excludes halogenated alkanes) is 23. The fraction of sp³-hybridized carbons (Fsp3) is 0.870. The highest BCUT2D eigenvalue weighted by molar-refractivity contribution is 5.11. The van der Waals surface area contributed by atoms with E-state index < -0.39 is 0 Å². The van der Waals surface area contributed by atoms with Gasteiger partial charge in [-0.1, -0.05) is 170 Å². The van der Waals surface area contributed by atoms with Crippen molar-refractivity contribution in [1.82, 2.24) is 4.90 Å². The summed E-state index contributed by atoms with van der Waals surface area (Å²) in [5.74, 6) is 0. The van der Waals surface area contributed by atoms with Crippen LogP contribution in [0.2, 0.25) is 0 Å². The lowest BCUT2D eigenvalue weighted by atomic mass is 10.0. The van der Waals surface area contributed by atoms with Crippen molar-refractivity contribution in [2.24, 2.45) is 0 Å². The van der Waals surface area contributed by atoms with Crippen LogP contribution in [0.4, 0.5) is 0 Å². The third-order valence-corrected chi connectivity index (χ3v) is 7.99. The number of carbonyl (C=O) groups is 2. The zero-order chi connectivity index (χ0) is 39.2. The summed E-state index contributed by atoms with van der Waals surface area (Å²) in [7, 11) is 5.76. The molecule has 8 heteroatoms. The van der Waals surface area contributed by atoms with Gasteiger partial charge in [-0.25, -0.2) is 9.78 Å². The molecule has 0 radical (unpaired) electrons. The SMILES string of the molecule is C.C.C.C=O.C=O.CCCCCC/C=C\COOCCCCCCCCCCCCCCCCCO.CCCCCCC=COC.CN(C)CCCCO. The number of hydrogen-bond acceptors (Lipinski definition) is 8. The molecule has 0 rings (SSSR count). The van der Waals surface area contributed by atoms with Gasteiger partial charge in [0.25, 0.3) is 0 Å². The number of ether oxygens (including phenoxy) is 1. The molecule has 0 saturated heterocycles. The van der Waals surface area contributed by atoms with Crippen molar-refractivity contribution in [2.75, 3.05) is 54.2 Å². The van der Waals surface area contributed by atoms with Gasteiger partial charge in [-0.3, -0.25) is 0 Å². The molecule has 0 saturated carbocycles. The normalized spacial score (nSPS) is 9.93. The number of rotatable bonds is 35. The first-order valence-corrected chi connectivity index (χ1v) is 20.6. The first-order valence-electron chi connectivity index (χ1n) is 20.6. The van der Waals surface area contributed by atoms with Crippen LogP contribution in [0, 0.1) is 0 Å². The largest absolute Gasteiger partial charge is 0.505 e. The predicted octanol–water partition coefficient (Wildman–Crippen LogP) is 13.3. The van der Waals surface area contributed by atoms with E-state index in [1.807, 2.05) is 27.7 Å². The minimum atomic E-state index is 0. The van der Waals surface area contributed by atoms with Crippen LogP contribution in [0.3, 0.4) is 0 Å². The average Bonchev–Trinajstić information content (AvgIpc) is 3.15. The Morgan fingerprint density at radius 2 is 0.852 bits per heavy atom. The van der Waals surface area contributed by atoms with Crippen LogP contribution in [-0.2, 0) is 24.1 Å². The minimum Gasteiger partial charge on any atom is -0.505 e. The predicted molar refractivity (Wildman–Crippen MR) is 240 cm³/mol. The second-order valence-electron chi connectivity index (χ2n) is 13.1.